The number of ether oxygens (including phenoxy) is 1. The second-order valence-corrected chi connectivity index (χ2v) is 2.65. The lowest BCUT2D eigenvalue weighted by Gasteiger charge is -2.14. The molecule has 1 aromatic heterocycles. The minimum absolute atomic E-state index is 0.211. The normalized spacial score (nSPS) is 11.8. The third-order valence-corrected chi connectivity index (χ3v) is 1.36. The van der Waals surface area contributed by atoms with Crippen LogP contribution in [0, 0.1) is 0 Å². The molecule has 0 aliphatic carbocycles. The molecule has 0 saturated carbocycles. The largest absolute Gasteiger partial charge is 0.457 e. The van der Waals surface area contributed by atoms with Crippen molar-refractivity contribution in [3.05, 3.63) is 12.4 Å². The van der Waals surface area contributed by atoms with Crippen molar-refractivity contribution < 1.29 is 22.3 Å². The topological polar surface area (TPSA) is 61.0 Å². The number of nitrogens with zero attached hydrogens (tertiary/aromatic N) is 2. The summed E-state index contributed by atoms with van der Waals surface area (Å²) in [5.41, 5.74) is 5.42. The Labute approximate surface area is 82.1 Å². The van der Waals surface area contributed by atoms with E-state index in [0.29, 0.717) is 0 Å². The van der Waals surface area contributed by atoms with Crippen molar-refractivity contribution in [2.75, 3.05) is 12.3 Å². The van der Waals surface area contributed by atoms with Gasteiger partial charge in [-0.25, -0.2) is 18.7 Å². The molecule has 1 heterocycles. The number of hydrogen-bond donors (Lipinski definition) is 1. The van der Waals surface area contributed by atoms with Crippen LogP contribution in [0.25, 0.3) is 0 Å². The van der Waals surface area contributed by atoms with E-state index >= 15 is 0 Å². The van der Waals surface area contributed by atoms with Crippen LogP contribution in [0.15, 0.2) is 12.4 Å². The molecule has 0 spiro atoms. The van der Waals surface area contributed by atoms with Crippen LogP contribution < -0.4 is 10.5 Å². The second-order valence-electron chi connectivity index (χ2n) is 2.65. The van der Waals surface area contributed by atoms with Gasteiger partial charge in [-0.15, -0.1) is 0 Å². The number of nitrogen functional groups attached to an aromatic ring is 1. The zero-order chi connectivity index (χ0) is 11.5. The minimum atomic E-state index is -4.22. The third-order valence-electron chi connectivity index (χ3n) is 1.36. The zero-order valence-corrected chi connectivity index (χ0v) is 7.33. The number of rotatable bonds is 4. The summed E-state index contributed by atoms with van der Waals surface area (Å²) in [6.45, 7) is -1.48. The Balaban J connectivity index is 2.54. The van der Waals surface area contributed by atoms with Crippen molar-refractivity contribution in [2.45, 2.75) is 12.3 Å². The van der Waals surface area contributed by atoms with E-state index in [1.54, 1.807) is 0 Å². The smallest absolute Gasteiger partial charge is 0.340 e. The van der Waals surface area contributed by atoms with Gasteiger partial charge in [-0.1, -0.05) is 0 Å². The molecule has 0 radical (unpaired) electrons. The van der Waals surface area contributed by atoms with E-state index in [1.807, 2.05) is 0 Å². The molecule has 15 heavy (non-hydrogen) atoms. The quantitative estimate of drug-likeness (QED) is 0.785. The van der Waals surface area contributed by atoms with Crippen LogP contribution in [0.5, 0.6) is 6.01 Å². The minimum Gasteiger partial charge on any atom is -0.457 e. The number of halogens is 4. The van der Waals surface area contributed by atoms with Crippen molar-refractivity contribution in [1.82, 2.24) is 9.97 Å². The van der Waals surface area contributed by atoms with Crippen LogP contribution in [0.3, 0.4) is 0 Å². The number of anilines is 1. The molecule has 0 fully saturated rings. The van der Waals surface area contributed by atoms with Crippen molar-refractivity contribution in [2.24, 2.45) is 0 Å². The second kappa shape index (κ2) is 4.28. The van der Waals surface area contributed by atoms with Gasteiger partial charge in [0.15, 0.2) is 6.61 Å². The number of alkyl halides is 4. The molecule has 0 aliphatic heterocycles. The number of aromatic nitrogens is 2. The Hall–Kier alpha value is -1.60. The number of hydrogen-bond acceptors (Lipinski definition) is 4. The van der Waals surface area contributed by atoms with E-state index in [0.717, 1.165) is 12.4 Å². The van der Waals surface area contributed by atoms with Crippen LogP contribution in [-0.4, -0.2) is 28.9 Å². The first kappa shape index (κ1) is 11.5. The highest BCUT2D eigenvalue weighted by molar-refractivity contribution is 5.30. The summed E-state index contributed by atoms with van der Waals surface area (Å²) in [5.74, 6) is -4.22. The maximum atomic E-state index is 12.4. The predicted molar refractivity (Wildman–Crippen MR) is 42.9 cm³/mol. The lowest BCUT2D eigenvalue weighted by molar-refractivity contribution is -0.149. The Morgan fingerprint density at radius 1 is 1.33 bits per heavy atom. The van der Waals surface area contributed by atoms with Gasteiger partial charge >= 0.3 is 18.4 Å². The Morgan fingerprint density at radius 2 is 1.87 bits per heavy atom. The van der Waals surface area contributed by atoms with Gasteiger partial charge in [0.2, 0.25) is 0 Å². The highest BCUT2D eigenvalue weighted by Gasteiger charge is 2.41. The molecule has 0 aliphatic rings. The van der Waals surface area contributed by atoms with E-state index in [9.17, 15) is 17.6 Å². The van der Waals surface area contributed by atoms with Crippen LogP contribution in [0.1, 0.15) is 0 Å². The molecular weight excluding hydrogens is 218 g/mol. The molecule has 84 valence electrons. The van der Waals surface area contributed by atoms with Crippen LogP contribution in [0.4, 0.5) is 23.2 Å². The lowest BCUT2D eigenvalue weighted by atomic mass is 10.4. The molecule has 0 amide bonds. The Bertz CT molecular complexity index is 317. The zero-order valence-electron chi connectivity index (χ0n) is 7.33. The first-order valence-corrected chi connectivity index (χ1v) is 3.78. The summed E-state index contributed by atoms with van der Waals surface area (Å²) in [6.07, 6.45) is -1.56. The molecule has 1 rings (SSSR count). The van der Waals surface area contributed by atoms with Gasteiger partial charge in [0.1, 0.15) is 0 Å². The number of nitrogens with two attached hydrogens (primary N) is 1. The first-order chi connectivity index (χ1) is 6.92. The summed E-state index contributed by atoms with van der Waals surface area (Å²) >= 11 is 0. The van der Waals surface area contributed by atoms with Crippen LogP contribution in [-0.2, 0) is 0 Å². The van der Waals surface area contributed by atoms with Gasteiger partial charge in [0.05, 0.1) is 18.1 Å². The molecule has 2 N–H and O–H groups in total. The molecule has 0 unspecified atom stereocenters. The maximum Gasteiger partial charge on any atom is 0.340 e. The summed E-state index contributed by atoms with van der Waals surface area (Å²) in [6, 6.07) is -0.426. The molecule has 0 aromatic carbocycles. The van der Waals surface area contributed by atoms with Crippen molar-refractivity contribution in [1.29, 1.82) is 0 Å². The van der Waals surface area contributed by atoms with Gasteiger partial charge in [-0.05, 0) is 0 Å². The average Bonchev–Trinajstić information content (AvgIpc) is 2.17. The SMILES string of the molecule is Nc1cnc(OCC(F)(F)C(F)F)nc1. The monoisotopic (exact) mass is 225 g/mol. The van der Waals surface area contributed by atoms with Gasteiger partial charge in [0.25, 0.3) is 0 Å². The summed E-state index contributed by atoms with van der Waals surface area (Å²) in [4.78, 5) is 6.81. The maximum absolute atomic E-state index is 12.4. The van der Waals surface area contributed by atoms with Gasteiger partial charge in [-0.3, -0.25) is 0 Å². The van der Waals surface area contributed by atoms with Gasteiger partial charge in [0, 0.05) is 0 Å². The van der Waals surface area contributed by atoms with Crippen molar-refractivity contribution in [3.63, 3.8) is 0 Å². The van der Waals surface area contributed by atoms with E-state index in [1.165, 1.54) is 0 Å². The standard InChI is InChI=1S/C7H7F4N3O/c8-5(9)7(10,11)3-15-6-13-1-4(12)2-14-6/h1-2,5H,3,12H2. The fourth-order valence-electron chi connectivity index (χ4n) is 0.624. The van der Waals surface area contributed by atoms with E-state index in [4.69, 9.17) is 5.73 Å². The highest BCUT2D eigenvalue weighted by atomic mass is 19.3. The van der Waals surface area contributed by atoms with Gasteiger partial charge < -0.3 is 10.5 Å². The molecular formula is C7H7F4N3O. The summed E-state index contributed by atoms with van der Waals surface area (Å²) in [7, 11) is 0. The molecule has 0 bridgehead atoms. The van der Waals surface area contributed by atoms with Crippen LogP contribution in [0.2, 0.25) is 0 Å². The van der Waals surface area contributed by atoms with E-state index < -0.39 is 25.0 Å². The Kier molecular flexibility index (Phi) is 3.28. The Morgan fingerprint density at radius 3 is 2.33 bits per heavy atom. The molecule has 1 aromatic rings. The lowest BCUT2D eigenvalue weighted by Crippen LogP contribution is -2.34. The van der Waals surface area contributed by atoms with E-state index in [2.05, 4.69) is 14.7 Å². The fourth-order valence-corrected chi connectivity index (χ4v) is 0.624. The fraction of sp³-hybridized carbons (Fsp3) is 0.429. The third kappa shape index (κ3) is 3.22. The highest BCUT2D eigenvalue weighted by Crippen LogP contribution is 2.23. The first-order valence-electron chi connectivity index (χ1n) is 3.78. The molecule has 4 nitrogen and oxygen atoms in total. The average molecular weight is 225 g/mol. The van der Waals surface area contributed by atoms with Crippen LogP contribution >= 0.6 is 0 Å². The summed E-state index contributed by atoms with van der Waals surface area (Å²) in [5, 5.41) is 0. The summed E-state index contributed by atoms with van der Waals surface area (Å²) < 4.78 is 52.4. The molecule has 8 heteroatoms. The predicted octanol–water partition coefficient (Wildman–Crippen LogP) is 1.34. The van der Waals surface area contributed by atoms with E-state index in [-0.39, 0.29) is 5.69 Å². The molecule has 0 saturated heterocycles. The van der Waals surface area contributed by atoms with Crippen molar-refractivity contribution in [3.8, 4) is 6.01 Å². The van der Waals surface area contributed by atoms with Gasteiger partial charge in [-0.2, -0.15) is 8.78 Å². The van der Waals surface area contributed by atoms with Crippen molar-refractivity contribution >= 4 is 5.69 Å². The molecule has 0 atom stereocenters.